The summed E-state index contributed by atoms with van der Waals surface area (Å²) in [6.45, 7) is 12.1. The van der Waals surface area contributed by atoms with Gasteiger partial charge < -0.3 is 19.4 Å². The van der Waals surface area contributed by atoms with E-state index in [4.69, 9.17) is 19.4 Å². The summed E-state index contributed by atoms with van der Waals surface area (Å²) < 4.78 is 13.0. The maximum absolute atomic E-state index is 12.3. The predicted octanol–water partition coefficient (Wildman–Crippen LogP) is 7.85. The van der Waals surface area contributed by atoms with E-state index < -0.39 is 11.8 Å². The molecule has 0 aliphatic rings. The number of aryl methyl sites for hydroxylation is 2. The number of fused-ring (bicyclic) bond motifs is 1. The van der Waals surface area contributed by atoms with Crippen molar-refractivity contribution in [2.75, 3.05) is 5.32 Å². The van der Waals surface area contributed by atoms with Gasteiger partial charge in [0.15, 0.2) is 5.65 Å². The predicted molar refractivity (Wildman–Crippen MR) is 162 cm³/mol. The minimum Gasteiger partial charge on any atom is -0.428 e. The van der Waals surface area contributed by atoms with E-state index in [-0.39, 0.29) is 5.91 Å². The SMILES string of the molecule is CCCCc1nc2cc(NC(=O)CCC)c(C)nc2n1Cc1ccc(-c2ccccc2OC(=O)OC(C)(C)C)cc1. The molecule has 4 rings (SSSR count). The summed E-state index contributed by atoms with van der Waals surface area (Å²) >= 11 is 0. The van der Waals surface area contributed by atoms with Crippen molar-refractivity contribution in [2.45, 2.75) is 85.8 Å². The van der Waals surface area contributed by atoms with Crippen LogP contribution in [0.1, 0.15) is 77.4 Å². The molecule has 0 atom stereocenters. The van der Waals surface area contributed by atoms with E-state index >= 15 is 0 Å². The highest BCUT2D eigenvalue weighted by Gasteiger charge is 2.20. The summed E-state index contributed by atoms with van der Waals surface area (Å²) in [7, 11) is 0. The normalized spacial score (nSPS) is 11.5. The number of para-hydroxylation sites is 1. The van der Waals surface area contributed by atoms with Crippen LogP contribution in [0.3, 0.4) is 0 Å². The minimum absolute atomic E-state index is 0.0134. The first-order valence-electron chi connectivity index (χ1n) is 14.3. The lowest BCUT2D eigenvalue weighted by atomic mass is 10.0. The molecule has 4 aromatic rings. The van der Waals surface area contributed by atoms with E-state index in [1.54, 1.807) is 26.8 Å². The van der Waals surface area contributed by atoms with Crippen LogP contribution in [0, 0.1) is 6.92 Å². The molecule has 2 aromatic heterocycles. The number of hydrogen-bond donors (Lipinski definition) is 1. The molecule has 0 spiro atoms. The van der Waals surface area contributed by atoms with Crippen molar-refractivity contribution < 1.29 is 19.1 Å². The summed E-state index contributed by atoms with van der Waals surface area (Å²) in [5.74, 6) is 1.41. The number of rotatable bonds is 10. The van der Waals surface area contributed by atoms with Crippen LogP contribution >= 0.6 is 0 Å². The van der Waals surface area contributed by atoms with Gasteiger partial charge in [0.2, 0.25) is 5.91 Å². The van der Waals surface area contributed by atoms with Crippen molar-refractivity contribution in [1.29, 1.82) is 0 Å². The third-order valence-electron chi connectivity index (χ3n) is 6.57. The van der Waals surface area contributed by atoms with Gasteiger partial charge in [-0.2, -0.15) is 0 Å². The van der Waals surface area contributed by atoms with Crippen molar-refractivity contribution >= 4 is 28.9 Å². The summed E-state index contributed by atoms with van der Waals surface area (Å²) in [5.41, 5.74) is 5.24. The van der Waals surface area contributed by atoms with Gasteiger partial charge in [0.25, 0.3) is 0 Å². The highest BCUT2D eigenvalue weighted by atomic mass is 16.7. The smallest absolute Gasteiger partial charge is 0.428 e. The molecule has 1 amide bonds. The average Bonchev–Trinajstić information content (AvgIpc) is 3.23. The number of carbonyl (C=O) groups is 2. The van der Waals surface area contributed by atoms with E-state index in [2.05, 4.69) is 28.9 Å². The number of amides is 1. The molecule has 0 fully saturated rings. The molecule has 0 radical (unpaired) electrons. The number of aromatic nitrogens is 3. The second-order valence-corrected chi connectivity index (χ2v) is 11.2. The second kappa shape index (κ2) is 13.0. The molecule has 0 aliphatic carbocycles. The monoisotopic (exact) mass is 556 g/mol. The van der Waals surface area contributed by atoms with Crippen LogP contribution < -0.4 is 10.1 Å². The number of benzene rings is 2. The highest BCUT2D eigenvalue weighted by molar-refractivity contribution is 5.93. The van der Waals surface area contributed by atoms with Crippen LogP contribution in [-0.4, -0.2) is 32.2 Å². The Balaban J connectivity index is 1.61. The average molecular weight is 557 g/mol. The topological polar surface area (TPSA) is 95.3 Å². The number of unbranched alkanes of at least 4 members (excludes halogenated alkanes) is 1. The molecule has 0 saturated heterocycles. The van der Waals surface area contributed by atoms with Gasteiger partial charge in [-0.05, 0) is 63.8 Å². The van der Waals surface area contributed by atoms with Crippen LogP contribution in [-0.2, 0) is 22.5 Å². The quantitative estimate of drug-likeness (QED) is 0.158. The van der Waals surface area contributed by atoms with Gasteiger partial charge in [-0.15, -0.1) is 0 Å². The zero-order valence-corrected chi connectivity index (χ0v) is 24.9. The molecule has 0 unspecified atom stereocenters. The van der Waals surface area contributed by atoms with Gasteiger partial charge in [-0.3, -0.25) is 4.79 Å². The van der Waals surface area contributed by atoms with Crippen molar-refractivity contribution in [3.8, 4) is 16.9 Å². The molecular weight excluding hydrogens is 516 g/mol. The van der Waals surface area contributed by atoms with Gasteiger partial charge in [0.1, 0.15) is 22.7 Å². The Labute approximate surface area is 242 Å². The van der Waals surface area contributed by atoms with Crippen LogP contribution in [0.15, 0.2) is 54.6 Å². The van der Waals surface area contributed by atoms with Gasteiger partial charge in [0.05, 0.1) is 17.9 Å². The van der Waals surface area contributed by atoms with Crippen LogP contribution in [0.2, 0.25) is 0 Å². The Morgan fingerprint density at radius 1 is 0.976 bits per heavy atom. The first-order valence-corrected chi connectivity index (χ1v) is 14.3. The maximum atomic E-state index is 12.3. The van der Waals surface area contributed by atoms with Crippen molar-refractivity contribution in [3.63, 3.8) is 0 Å². The number of carbonyl (C=O) groups excluding carboxylic acids is 2. The third kappa shape index (κ3) is 7.72. The van der Waals surface area contributed by atoms with Gasteiger partial charge >= 0.3 is 6.16 Å². The Morgan fingerprint density at radius 3 is 2.39 bits per heavy atom. The maximum Gasteiger partial charge on any atom is 0.514 e. The summed E-state index contributed by atoms with van der Waals surface area (Å²) in [6, 6.07) is 17.5. The zero-order valence-electron chi connectivity index (χ0n) is 24.9. The van der Waals surface area contributed by atoms with Gasteiger partial charge in [-0.1, -0.05) is 62.7 Å². The van der Waals surface area contributed by atoms with E-state index in [1.165, 1.54) is 0 Å². The lowest BCUT2D eigenvalue weighted by Gasteiger charge is -2.19. The number of imidazole rings is 1. The van der Waals surface area contributed by atoms with Gasteiger partial charge in [-0.25, -0.2) is 14.8 Å². The third-order valence-corrected chi connectivity index (χ3v) is 6.57. The molecule has 0 saturated carbocycles. The van der Waals surface area contributed by atoms with Crippen LogP contribution in [0.5, 0.6) is 5.75 Å². The number of hydrogen-bond acceptors (Lipinski definition) is 6. The molecule has 216 valence electrons. The molecule has 8 nitrogen and oxygen atoms in total. The number of nitrogens with zero attached hydrogens (tertiary/aromatic N) is 3. The van der Waals surface area contributed by atoms with Crippen molar-refractivity contribution in [2.24, 2.45) is 0 Å². The number of nitrogens with one attached hydrogen (secondary N) is 1. The molecule has 0 aliphatic heterocycles. The summed E-state index contributed by atoms with van der Waals surface area (Å²) in [4.78, 5) is 34.3. The summed E-state index contributed by atoms with van der Waals surface area (Å²) in [6.07, 6.45) is 3.46. The lowest BCUT2D eigenvalue weighted by molar-refractivity contribution is -0.116. The van der Waals surface area contributed by atoms with E-state index in [0.717, 1.165) is 65.1 Å². The fourth-order valence-electron chi connectivity index (χ4n) is 4.57. The Kier molecular flexibility index (Phi) is 9.42. The van der Waals surface area contributed by atoms with E-state index in [9.17, 15) is 9.59 Å². The minimum atomic E-state index is -0.732. The van der Waals surface area contributed by atoms with E-state index in [0.29, 0.717) is 24.4 Å². The fourth-order valence-corrected chi connectivity index (χ4v) is 4.57. The van der Waals surface area contributed by atoms with Gasteiger partial charge in [0, 0.05) is 18.4 Å². The first kappa shape index (κ1) is 29.8. The number of ether oxygens (including phenoxy) is 2. The van der Waals surface area contributed by atoms with E-state index in [1.807, 2.05) is 50.2 Å². The second-order valence-electron chi connectivity index (χ2n) is 11.2. The fraction of sp³-hybridized carbons (Fsp3) is 0.394. The Bertz CT molecular complexity index is 1520. The molecular formula is C33H40N4O4. The van der Waals surface area contributed by atoms with Crippen molar-refractivity contribution in [1.82, 2.24) is 14.5 Å². The molecule has 2 heterocycles. The van der Waals surface area contributed by atoms with Crippen LogP contribution in [0.4, 0.5) is 10.5 Å². The number of pyridine rings is 1. The molecule has 1 N–H and O–H groups in total. The summed E-state index contributed by atoms with van der Waals surface area (Å²) in [5, 5.41) is 2.98. The molecule has 0 bridgehead atoms. The van der Waals surface area contributed by atoms with Crippen molar-refractivity contribution in [3.05, 3.63) is 71.7 Å². The Morgan fingerprint density at radius 2 is 1.71 bits per heavy atom. The number of anilines is 1. The molecule has 2 aromatic carbocycles. The molecule has 8 heteroatoms. The highest BCUT2D eigenvalue weighted by Crippen LogP contribution is 2.31. The zero-order chi connectivity index (χ0) is 29.6. The lowest BCUT2D eigenvalue weighted by Crippen LogP contribution is -2.26. The molecule has 41 heavy (non-hydrogen) atoms. The standard InChI is InChI=1S/C33H40N4O4/c1-7-9-15-29-35-27-20-26(36-30(38)12-8-2)22(3)34-31(27)37(29)21-23-16-18-24(19-17-23)25-13-10-11-14-28(25)40-32(39)41-33(4,5)6/h10-11,13-14,16-20H,7-9,12,15,21H2,1-6H3,(H,36,38). The first-order chi connectivity index (χ1) is 19.6. The Hall–Kier alpha value is -4.20. The largest absolute Gasteiger partial charge is 0.514 e. The van der Waals surface area contributed by atoms with Crippen LogP contribution in [0.25, 0.3) is 22.3 Å².